The van der Waals surface area contributed by atoms with Crippen molar-refractivity contribution in [3.8, 4) is 0 Å². The highest BCUT2D eigenvalue weighted by Crippen LogP contribution is 2.34. The Bertz CT molecular complexity index is 401. The molecule has 1 aromatic carbocycles. The van der Waals surface area contributed by atoms with Crippen molar-refractivity contribution in [1.82, 2.24) is 4.90 Å². The zero-order valence-corrected chi connectivity index (χ0v) is 12.2. The maximum atomic E-state index is 6.30. The highest BCUT2D eigenvalue weighted by molar-refractivity contribution is 6.42. The molecule has 2 N–H and O–H groups in total. The van der Waals surface area contributed by atoms with Gasteiger partial charge in [0.2, 0.25) is 0 Å². The molecule has 1 atom stereocenters. The fourth-order valence-corrected chi connectivity index (χ4v) is 3.02. The number of halogens is 2. The predicted octanol–water partition coefficient (Wildman–Crippen LogP) is 3.73. The molecule has 100 valence electrons. The highest BCUT2D eigenvalue weighted by atomic mass is 35.5. The summed E-state index contributed by atoms with van der Waals surface area (Å²) in [5.74, 6) is 0.814. The van der Waals surface area contributed by atoms with Crippen molar-refractivity contribution in [1.29, 1.82) is 0 Å². The minimum atomic E-state index is 0.184. The lowest BCUT2D eigenvalue weighted by atomic mass is 9.96. The third-order valence-electron chi connectivity index (χ3n) is 3.82. The van der Waals surface area contributed by atoms with Crippen molar-refractivity contribution in [2.75, 3.05) is 19.6 Å². The minimum absolute atomic E-state index is 0.184. The lowest BCUT2D eigenvalue weighted by Crippen LogP contribution is -2.39. The molecule has 2 rings (SSSR count). The Kier molecular flexibility index (Phi) is 4.91. The van der Waals surface area contributed by atoms with Crippen LogP contribution in [0.1, 0.15) is 31.4 Å². The average molecular weight is 287 g/mol. The average Bonchev–Trinajstić information content (AvgIpc) is 2.37. The highest BCUT2D eigenvalue weighted by Gasteiger charge is 2.25. The molecule has 1 fully saturated rings. The molecule has 0 bridgehead atoms. The van der Waals surface area contributed by atoms with Gasteiger partial charge in [0.15, 0.2) is 0 Å². The van der Waals surface area contributed by atoms with Crippen molar-refractivity contribution in [3.05, 3.63) is 33.8 Å². The van der Waals surface area contributed by atoms with Crippen LogP contribution in [0.2, 0.25) is 10.0 Å². The first-order valence-corrected chi connectivity index (χ1v) is 7.27. The normalized spacial score (nSPS) is 20.0. The smallest absolute Gasteiger partial charge is 0.0640 e. The van der Waals surface area contributed by atoms with Gasteiger partial charge in [-0.05, 0) is 43.5 Å². The number of rotatable bonds is 3. The molecule has 2 nitrogen and oxygen atoms in total. The fourth-order valence-electron chi connectivity index (χ4n) is 2.59. The summed E-state index contributed by atoms with van der Waals surface area (Å²) in [5, 5.41) is 1.26. The monoisotopic (exact) mass is 286 g/mol. The zero-order valence-electron chi connectivity index (χ0n) is 10.7. The van der Waals surface area contributed by atoms with Crippen LogP contribution < -0.4 is 5.73 Å². The topological polar surface area (TPSA) is 29.3 Å². The predicted molar refractivity (Wildman–Crippen MR) is 78.2 cm³/mol. The Morgan fingerprint density at radius 1 is 1.33 bits per heavy atom. The molecule has 0 saturated carbocycles. The van der Waals surface area contributed by atoms with E-state index >= 15 is 0 Å². The Hall–Kier alpha value is -0.280. The summed E-state index contributed by atoms with van der Waals surface area (Å²) in [6, 6.07) is 5.98. The lowest BCUT2D eigenvalue weighted by Gasteiger charge is -2.36. The Balaban J connectivity index is 2.20. The molecular weight excluding hydrogens is 267 g/mol. The van der Waals surface area contributed by atoms with E-state index in [-0.39, 0.29) is 6.04 Å². The Labute approximate surface area is 119 Å². The maximum absolute atomic E-state index is 6.30. The van der Waals surface area contributed by atoms with Crippen LogP contribution in [0.25, 0.3) is 0 Å². The maximum Gasteiger partial charge on any atom is 0.0640 e. The van der Waals surface area contributed by atoms with E-state index in [1.165, 1.54) is 12.8 Å². The molecule has 0 spiro atoms. The largest absolute Gasteiger partial charge is 0.329 e. The number of piperidine rings is 1. The minimum Gasteiger partial charge on any atom is -0.329 e. The number of benzene rings is 1. The van der Waals surface area contributed by atoms with Gasteiger partial charge in [-0.2, -0.15) is 0 Å². The second kappa shape index (κ2) is 6.25. The molecule has 1 aliphatic heterocycles. The van der Waals surface area contributed by atoms with E-state index in [1.807, 2.05) is 18.2 Å². The molecule has 0 amide bonds. The van der Waals surface area contributed by atoms with E-state index in [0.717, 1.165) is 24.6 Å². The van der Waals surface area contributed by atoms with Gasteiger partial charge in [0, 0.05) is 12.6 Å². The van der Waals surface area contributed by atoms with Crippen LogP contribution in [0, 0.1) is 5.92 Å². The summed E-state index contributed by atoms with van der Waals surface area (Å²) in [7, 11) is 0. The molecule has 1 aliphatic rings. The number of likely N-dealkylation sites (tertiary alicyclic amines) is 1. The van der Waals surface area contributed by atoms with E-state index in [2.05, 4.69) is 11.8 Å². The molecule has 4 heteroatoms. The van der Waals surface area contributed by atoms with Gasteiger partial charge in [-0.3, -0.25) is 4.90 Å². The van der Waals surface area contributed by atoms with Crippen LogP contribution in [0.3, 0.4) is 0 Å². The summed E-state index contributed by atoms with van der Waals surface area (Å²) < 4.78 is 0. The molecule has 1 saturated heterocycles. The van der Waals surface area contributed by atoms with Crippen LogP contribution in [-0.2, 0) is 0 Å². The molecule has 1 aromatic rings. The summed E-state index contributed by atoms with van der Waals surface area (Å²) >= 11 is 12.4. The number of nitrogens with zero attached hydrogens (tertiary/aromatic N) is 1. The van der Waals surface area contributed by atoms with Crippen molar-refractivity contribution < 1.29 is 0 Å². The summed E-state index contributed by atoms with van der Waals surface area (Å²) in [6.45, 7) is 5.06. The van der Waals surface area contributed by atoms with E-state index in [9.17, 15) is 0 Å². The van der Waals surface area contributed by atoms with Gasteiger partial charge in [-0.15, -0.1) is 0 Å². The van der Waals surface area contributed by atoms with E-state index in [4.69, 9.17) is 28.9 Å². The Morgan fingerprint density at radius 3 is 2.61 bits per heavy atom. The van der Waals surface area contributed by atoms with Gasteiger partial charge in [-0.25, -0.2) is 0 Å². The first-order valence-electron chi connectivity index (χ1n) is 6.51. The number of hydrogen-bond acceptors (Lipinski definition) is 2. The third kappa shape index (κ3) is 3.00. The van der Waals surface area contributed by atoms with Gasteiger partial charge < -0.3 is 5.73 Å². The van der Waals surface area contributed by atoms with Crippen molar-refractivity contribution in [3.63, 3.8) is 0 Å². The number of nitrogens with two attached hydrogens (primary N) is 1. The van der Waals surface area contributed by atoms with Crippen LogP contribution >= 0.6 is 23.2 Å². The van der Waals surface area contributed by atoms with Gasteiger partial charge in [0.25, 0.3) is 0 Å². The fraction of sp³-hybridized carbons (Fsp3) is 0.571. The summed E-state index contributed by atoms with van der Waals surface area (Å²) in [5.41, 5.74) is 7.00. The Morgan fingerprint density at radius 2 is 2.00 bits per heavy atom. The van der Waals surface area contributed by atoms with Gasteiger partial charge in [-0.1, -0.05) is 42.3 Å². The van der Waals surface area contributed by atoms with Crippen molar-refractivity contribution in [2.24, 2.45) is 11.7 Å². The van der Waals surface area contributed by atoms with Crippen LogP contribution in [0.5, 0.6) is 0 Å². The molecule has 18 heavy (non-hydrogen) atoms. The van der Waals surface area contributed by atoms with Gasteiger partial charge in [0.1, 0.15) is 0 Å². The molecule has 0 aromatic heterocycles. The zero-order chi connectivity index (χ0) is 13.1. The second-order valence-electron chi connectivity index (χ2n) is 5.11. The van der Waals surface area contributed by atoms with E-state index in [1.54, 1.807) is 0 Å². The number of hydrogen-bond donors (Lipinski definition) is 1. The molecule has 0 unspecified atom stereocenters. The van der Waals surface area contributed by atoms with Crippen molar-refractivity contribution >= 4 is 23.2 Å². The SMILES string of the molecule is CC1CCN([C@@H](CN)c2cccc(Cl)c2Cl)CC1. The third-order valence-corrected chi connectivity index (χ3v) is 4.66. The van der Waals surface area contributed by atoms with Gasteiger partial charge >= 0.3 is 0 Å². The van der Waals surface area contributed by atoms with Crippen LogP contribution in [0.4, 0.5) is 0 Å². The van der Waals surface area contributed by atoms with Crippen LogP contribution in [-0.4, -0.2) is 24.5 Å². The quantitative estimate of drug-likeness (QED) is 0.918. The first kappa shape index (κ1) is 14.1. The summed E-state index contributed by atoms with van der Waals surface area (Å²) in [6.07, 6.45) is 2.46. The summed E-state index contributed by atoms with van der Waals surface area (Å²) in [4.78, 5) is 2.43. The van der Waals surface area contributed by atoms with E-state index in [0.29, 0.717) is 16.6 Å². The second-order valence-corrected chi connectivity index (χ2v) is 5.90. The van der Waals surface area contributed by atoms with Crippen LogP contribution in [0.15, 0.2) is 18.2 Å². The molecule has 0 aliphatic carbocycles. The van der Waals surface area contributed by atoms with Crippen molar-refractivity contribution in [2.45, 2.75) is 25.8 Å². The lowest BCUT2D eigenvalue weighted by molar-refractivity contribution is 0.141. The molecule has 0 radical (unpaired) electrons. The first-order chi connectivity index (χ1) is 8.63. The molecule has 1 heterocycles. The molecular formula is C14H20Cl2N2. The van der Waals surface area contributed by atoms with Gasteiger partial charge in [0.05, 0.1) is 10.0 Å². The standard InChI is InChI=1S/C14H20Cl2N2/c1-10-5-7-18(8-6-10)13(9-17)11-3-2-4-12(15)14(11)16/h2-4,10,13H,5-9,17H2,1H3/t13-/m0/s1. The van der Waals surface area contributed by atoms with E-state index < -0.39 is 0 Å².